The minimum atomic E-state index is 0.267. The van der Waals surface area contributed by atoms with E-state index < -0.39 is 0 Å². The number of ether oxygens (including phenoxy) is 1. The van der Waals surface area contributed by atoms with Crippen molar-refractivity contribution < 1.29 is 9.53 Å². The molecule has 2 saturated heterocycles. The number of fused-ring (bicyclic) bond motifs is 3. The molecule has 0 spiro atoms. The maximum atomic E-state index is 12.6. The molecule has 20 heavy (non-hydrogen) atoms. The second kappa shape index (κ2) is 4.88. The van der Waals surface area contributed by atoms with Crippen molar-refractivity contribution in [3.63, 3.8) is 0 Å². The van der Waals surface area contributed by atoms with Gasteiger partial charge in [-0.05, 0) is 43.2 Å². The van der Waals surface area contributed by atoms with E-state index in [1.807, 2.05) is 18.2 Å². The molecular weight excluding hydrogens is 250 g/mol. The van der Waals surface area contributed by atoms with Crippen molar-refractivity contribution in [3.05, 3.63) is 29.8 Å². The third kappa shape index (κ3) is 2.05. The largest absolute Gasteiger partial charge is 0.493 e. The van der Waals surface area contributed by atoms with Crippen LogP contribution in [0.3, 0.4) is 0 Å². The Labute approximate surface area is 119 Å². The van der Waals surface area contributed by atoms with Crippen LogP contribution in [0.25, 0.3) is 0 Å². The van der Waals surface area contributed by atoms with E-state index >= 15 is 0 Å². The summed E-state index contributed by atoms with van der Waals surface area (Å²) < 4.78 is 5.69. The molecule has 4 unspecified atom stereocenters. The summed E-state index contributed by atoms with van der Waals surface area (Å²) in [7, 11) is 0. The first-order chi connectivity index (χ1) is 9.81. The van der Waals surface area contributed by atoms with E-state index in [4.69, 9.17) is 4.74 Å². The quantitative estimate of drug-likeness (QED) is 0.918. The number of para-hydroxylation sites is 1. The van der Waals surface area contributed by atoms with Gasteiger partial charge in [-0.15, -0.1) is 0 Å². The van der Waals surface area contributed by atoms with Crippen molar-refractivity contribution in [2.45, 2.75) is 50.1 Å². The second-order valence-electron chi connectivity index (χ2n) is 6.43. The number of nitrogens with one attached hydrogen (secondary N) is 1. The van der Waals surface area contributed by atoms with Crippen LogP contribution in [-0.2, 0) is 4.79 Å². The van der Waals surface area contributed by atoms with Gasteiger partial charge in [0.2, 0.25) is 0 Å². The molecule has 3 heteroatoms. The van der Waals surface area contributed by atoms with E-state index in [1.54, 1.807) is 0 Å². The van der Waals surface area contributed by atoms with Gasteiger partial charge < -0.3 is 10.1 Å². The van der Waals surface area contributed by atoms with Gasteiger partial charge in [0, 0.05) is 24.4 Å². The summed E-state index contributed by atoms with van der Waals surface area (Å²) in [5.41, 5.74) is 1.23. The Balaban J connectivity index is 1.48. The fourth-order valence-electron chi connectivity index (χ4n) is 4.20. The topological polar surface area (TPSA) is 38.3 Å². The Kier molecular flexibility index (Phi) is 3.03. The smallest absolute Gasteiger partial charge is 0.138 e. The van der Waals surface area contributed by atoms with Crippen LogP contribution in [0.1, 0.15) is 43.6 Å². The number of carbonyl (C=O) groups is 1. The molecule has 4 rings (SSSR count). The van der Waals surface area contributed by atoms with Gasteiger partial charge >= 0.3 is 0 Å². The molecule has 1 aromatic carbocycles. The highest BCUT2D eigenvalue weighted by Crippen LogP contribution is 2.39. The van der Waals surface area contributed by atoms with Crippen LogP contribution in [0.15, 0.2) is 24.3 Å². The zero-order chi connectivity index (χ0) is 13.5. The molecule has 4 atom stereocenters. The molecule has 0 aliphatic carbocycles. The highest BCUT2D eigenvalue weighted by atomic mass is 16.5. The summed E-state index contributed by atoms with van der Waals surface area (Å²) in [6.45, 7) is 0.740. The first-order valence-corrected chi connectivity index (χ1v) is 7.82. The van der Waals surface area contributed by atoms with E-state index in [9.17, 15) is 4.79 Å². The number of benzene rings is 1. The number of carbonyl (C=O) groups excluding carboxylic acids is 1. The van der Waals surface area contributed by atoms with Gasteiger partial charge in [0.15, 0.2) is 0 Å². The Morgan fingerprint density at radius 1 is 1.25 bits per heavy atom. The van der Waals surface area contributed by atoms with Crippen LogP contribution >= 0.6 is 0 Å². The monoisotopic (exact) mass is 271 g/mol. The van der Waals surface area contributed by atoms with Crippen LogP contribution in [0, 0.1) is 5.92 Å². The predicted octanol–water partition coefficient (Wildman–Crippen LogP) is 2.65. The highest BCUT2D eigenvalue weighted by Gasteiger charge is 2.43. The fourth-order valence-corrected chi connectivity index (χ4v) is 4.20. The molecule has 106 valence electrons. The van der Waals surface area contributed by atoms with Crippen molar-refractivity contribution >= 4 is 5.78 Å². The number of Topliss-reactive ketones (excluding diaryl/α,β-unsaturated/α-hetero) is 1. The van der Waals surface area contributed by atoms with E-state index in [0.717, 1.165) is 25.2 Å². The highest BCUT2D eigenvalue weighted by molar-refractivity contribution is 5.83. The summed E-state index contributed by atoms with van der Waals surface area (Å²) >= 11 is 0. The van der Waals surface area contributed by atoms with Crippen LogP contribution in [0.5, 0.6) is 5.75 Å². The van der Waals surface area contributed by atoms with Gasteiger partial charge in [-0.1, -0.05) is 18.2 Å². The van der Waals surface area contributed by atoms with Gasteiger partial charge in [0.25, 0.3) is 0 Å². The van der Waals surface area contributed by atoms with Gasteiger partial charge in [-0.3, -0.25) is 4.79 Å². The van der Waals surface area contributed by atoms with Crippen molar-refractivity contribution in [1.82, 2.24) is 5.32 Å². The number of hydrogen-bond donors (Lipinski definition) is 1. The Bertz CT molecular complexity index is 527. The lowest BCUT2D eigenvalue weighted by molar-refractivity contribution is -0.123. The lowest BCUT2D eigenvalue weighted by atomic mass is 9.80. The predicted molar refractivity (Wildman–Crippen MR) is 77.0 cm³/mol. The Hall–Kier alpha value is -1.35. The lowest BCUT2D eigenvalue weighted by Gasteiger charge is -2.27. The third-order valence-electron chi connectivity index (χ3n) is 5.24. The molecule has 0 saturated carbocycles. The average Bonchev–Trinajstić information content (AvgIpc) is 3.10. The van der Waals surface area contributed by atoms with Crippen molar-refractivity contribution in [1.29, 1.82) is 0 Å². The van der Waals surface area contributed by atoms with Crippen LogP contribution in [-0.4, -0.2) is 24.5 Å². The molecule has 3 aliphatic heterocycles. The average molecular weight is 271 g/mol. The number of rotatable bonds is 3. The first-order valence-electron chi connectivity index (χ1n) is 7.82. The molecule has 2 fully saturated rings. The number of ketones is 1. The molecule has 0 amide bonds. The second-order valence-corrected chi connectivity index (χ2v) is 6.43. The van der Waals surface area contributed by atoms with Crippen LogP contribution < -0.4 is 10.1 Å². The lowest BCUT2D eigenvalue weighted by Crippen LogP contribution is -2.30. The van der Waals surface area contributed by atoms with Crippen molar-refractivity contribution in [2.24, 2.45) is 5.92 Å². The third-order valence-corrected chi connectivity index (χ3v) is 5.24. The molecule has 1 aromatic rings. The number of hydrogen-bond acceptors (Lipinski definition) is 3. The molecule has 0 aromatic heterocycles. The summed E-state index contributed by atoms with van der Waals surface area (Å²) in [6.07, 6.45) is 5.17. The molecular formula is C17H21NO2. The summed E-state index contributed by atoms with van der Waals surface area (Å²) in [5.74, 6) is 2.06. The van der Waals surface area contributed by atoms with Gasteiger partial charge in [-0.2, -0.15) is 0 Å². The van der Waals surface area contributed by atoms with E-state index in [1.165, 1.54) is 18.4 Å². The minimum Gasteiger partial charge on any atom is -0.493 e. The standard InChI is InChI=1S/C17H21NO2/c19-16(14-10-12-5-6-15(14)18-12)9-11-7-8-20-17-4-2-1-3-13(11)17/h1-4,11-12,14-15,18H,5-10H2. The zero-order valence-electron chi connectivity index (χ0n) is 11.7. The maximum Gasteiger partial charge on any atom is 0.138 e. The fraction of sp³-hybridized carbons (Fsp3) is 0.588. The van der Waals surface area contributed by atoms with Gasteiger partial charge in [0.05, 0.1) is 6.61 Å². The molecule has 0 radical (unpaired) electrons. The maximum absolute atomic E-state index is 12.6. The van der Waals surface area contributed by atoms with E-state index in [-0.39, 0.29) is 5.92 Å². The van der Waals surface area contributed by atoms with Crippen LogP contribution in [0.2, 0.25) is 0 Å². The normalized spacial score (nSPS) is 34.6. The van der Waals surface area contributed by atoms with E-state index in [2.05, 4.69) is 11.4 Å². The summed E-state index contributed by atoms with van der Waals surface area (Å²) in [4.78, 5) is 12.6. The van der Waals surface area contributed by atoms with Crippen molar-refractivity contribution in [2.75, 3.05) is 6.61 Å². The van der Waals surface area contributed by atoms with E-state index in [0.29, 0.717) is 30.2 Å². The van der Waals surface area contributed by atoms with Crippen molar-refractivity contribution in [3.8, 4) is 5.75 Å². The Morgan fingerprint density at radius 3 is 2.95 bits per heavy atom. The molecule has 3 heterocycles. The molecule has 2 bridgehead atoms. The minimum absolute atomic E-state index is 0.267. The summed E-state index contributed by atoms with van der Waals surface area (Å²) in [5, 5.41) is 3.57. The first kappa shape index (κ1) is 12.4. The van der Waals surface area contributed by atoms with Gasteiger partial charge in [-0.25, -0.2) is 0 Å². The molecule has 3 nitrogen and oxygen atoms in total. The Morgan fingerprint density at radius 2 is 2.15 bits per heavy atom. The molecule has 1 N–H and O–H groups in total. The van der Waals surface area contributed by atoms with Gasteiger partial charge in [0.1, 0.15) is 11.5 Å². The SMILES string of the molecule is O=C(CC1CCOc2ccccc21)C1CC2CCC1N2. The zero-order valence-corrected chi connectivity index (χ0v) is 11.7. The summed E-state index contributed by atoms with van der Waals surface area (Å²) in [6, 6.07) is 9.25. The van der Waals surface area contributed by atoms with Crippen LogP contribution in [0.4, 0.5) is 0 Å². The molecule has 3 aliphatic rings.